The number of rotatable bonds is 3. The fraction of sp³-hybridized carbons (Fsp3) is 0.375. The van der Waals surface area contributed by atoms with Gasteiger partial charge in [-0.05, 0) is 0 Å². The maximum atomic E-state index is 12.5. The van der Waals surface area contributed by atoms with Gasteiger partial charge in [0.05, 0.1) is 17.9 Å². The van der Waals surface area contributed by atoms with Crippen LogP contribution in [0, 0.1) is 0 Å². The molecule has 5 N–H and O–H groups in total. The first-order chi connectivity index (χ1) is 6.61. The Hall–Kier alpha value is -1.27. The van der Waals surface area contributed by atoms with Crippen LogP contribution in [-0.4, -0.2) is 10.1 Å². The Morgan fingerprint density at radius 1 is 1.50 bits per heavy atom. The number of anilines is 1. The highest BCUT2D eigenvalue weighted by Gasteiger charge is 2.19. The van der Waals surface area contributed by atoms with Crippen molar-refractivity contribution < 1.29 is 13.9 Å². The molecule has 0 aliphatic heterocycles. The van der Waals surface area contributed by atoms with Crippen molar-refractivity contribution in [1.29, 1.82) is 0 Å². The Morgan fingerprint density at radius 2 is 2.14 bits per heavy atom. The Labute approximate surface area is 79.6 Å². The van der Waals surface area contributed by atoms with E-state index >= 15 is 0 Å². The van der Waals surface area contributed by atoms with Crippen LogP contribution in [0.2, 0.25) is 0 Å². The predicted octanol–water partition coefficient (Wildman–Crippen LogP) is 0.552. The van der Waals surface area contributed by atoms with E-state index in [9.17, 15) is 8.78 Å². The van der Waals surface area contributed by atoms with Crippen LogP contribution >= 0.6 is 0 Å². The lowest BCUT2D eigenvalue weighted by Gasteiger charge is -2.11. The number of hydrogen-bond donors (Lipinski definition) is 3. The number of hydrogen-bond acceptors (Lipinski definition) is 4. The molecule has 0 saturated heterocycles. The Kier molecular flexibility index (Phi) is 3.32. The van der Waals surface area contributed by atoms with E-state index in [4.69, 9.17) is 16.6 Å². The molecule has 0 aliphatic carbocycles. The lowest BCUT2D eigenvalue weighted by atomic mass is 10.1. The molecule has 14 heavy (non-hydrogen) atoms. The van der Waals surface area contributed by atoms with E-state index in [2.05, 4.69) is 4.98 Å². The van der Waals surface area contributed by atoms with E-state index in [-0.39, 0.29) is 29.1 Å². The summed E-state index contributed by atoms with van der Waals surface area (Å²) in [7, 11) is 0. The fourth-order valence-electron chi connectivity index (χ4n) is 1.16. The topological polar surface area (TPSA) is 85.2 Å². The lowest BCUT2D eigenvalue weighted by molar-refractivity contribution is 0.150. The fourth-order valence-corrected chi connectivity index (χ4v) is 1.16. The summed E-state index contributed by atoms with van der Waals surface area (Å²) in [6.45, 7) is -0.515. The molecule has 1 aromatic rings. The maximum absolute atomic E-state index is 12.5. The molecule has 0 saturated carbocycles. The van der Waals surface area contributed by atoms with Crippen LogP contribution in [0.1, 0.15) is 23.2 Å². The van der Waals surface area contributed by atoms with E-state index in [1.54, 1.807) is 0 Å². The number of aromatic nitrogens is 1. The molecule has 1 heterocycles. The molecule has 0 bridgehead atoms. The van der Waals surface area contributed by atoms with Gasteiger partial charge in [0, 0.05) is 24.0 Å². The number of nitrogens with zero attached hydrogens (tertiary/aromatic N) is 1. The van der Waals surface area contributed by atoms with Crippen molar-refractivity contribution in [2.24, 2.45) is 5.73 Å². The van der Waals surface area contributed by atoms with Crippen LogP contribution in [0.4, 0.5) is 14.5 Å². The number of aliphatic hydroxyl groups is 1. The normalized spacial score (nSPS) is 10.9. The van der Waals surface area contributed by atoms with Gasteiger partial charge in [-0.15, -0.1) is 0 Å². The smallest absolute Gasteiger partial charge is 0.267 e. The molecular weight excluding hydrogens is 192 g/mol. The highest BCUT2D eigenvalue weighted by molar-refractivity contribution is 5.55. The summed E-state index contributed by atoms with van der Waals surface area (Å²) >= 11 is 0. The predicted molar refractivity (Wildman–Crippen MR) is 47.4 cm³/mol. The average Bonchev–Trinajstić information content (AvgIpc) is 2.16. The van der Waals surface area contributed by atoms with Gasteiger partial charge in [0.2, 0.25) is 0 Å². The van der Waals surface area contributed by atoms with Crippen molar-refractivity contribution in [3.8, 4) is 0 Å². The zero-order chi connectivity index (χ0) is 10.7. The second-order valence-electron chi connectivity index (χ2n) is 2.72. The quantitative estimate of drug-likeness (QED) is 0.669. The van der Waals surface area contributed by atoms with Gasteiger partial charge in [0.15, 0.2) is 0 Å². The first-order valence-corrected chi connectivity index (χ1v) is 3.97. The first kappa shape index (κ1) is 10.8. The summed E-state index contributed by atoms with van der Waals surface area (Å²) in [5.41, 5.74) is 10.4. The summed E-state index contributed by atoms with van der Waals surface area (Å²) in [6.07, 6.45) is -1.48. The van der Waals surface area contributed by atoms with Crippen molar-refractivity contribution in [2.75, 3.05) is 5.73 Å². The monoisotopic (exact) mass is 203 g/mol. The second kappa shape index (κ2) is 4.30. The van der Waals surface area contributed by atoms with E-state index in [1.807, 2.05) is 0 Å². The summed E-state index contributed by atoms with van der Waals surface area (Å²) in [5, 5.41) is 8.79. The Balaban J connectivity index is 3.31. The molecule has 4 nitrogen and oxygen atoms in total. The number of pyridine rings is 1. The van der Waals surface area contributed by atoms with Crippen LogP contribution in [0.25, 0.3) is 0 Å². The minimum absolute atomic E-state index is 0.0645. The molecule has 0 aliphatic rings. The van der Waals surface area contributed by atoms with E-state index in [1.165, 1.54) is 6.20 Å². The maximum Gasteiger partial charge on any atom is 0.267 e. The summed E-state index contributed by atoms with van der Waals surface area (Å²) in [4.78, 5) is 3.71. The number of halogens is 2. The molecule has 0 radical (unpaired) electrons. The van der Waals surface area contributed by atoms with Gasteiger partial charge in [-0.1, -0.05) is 0 Å². The first-order valence-electron chi connectivity index (χ1n) is 3.97. The van der Waals surface area contributed by atoms with Crippen LogP contribution in [0.5, 0.6) is 0 Å². The van der Waals surface area contributed by atoms with Crippen LogP contribution in [0.15, 0.2) is 6.20 Å². The van der Waals surface area contributed by atoms with Crippen molar-refractivity contribution in [3.05, 3.63) is 23.0 Å². The molecule has 0 spiro atoms. The number of aliphatic hydroxyl groups excluding tert-OH is 1. The summed E-state index contributed by atoms with van der Waals surface area (Å²) in [6, 6.07) is 0. The number of nitrogen functional groups attached to an aromatic ring is 1. The molecule has 0 unspecified atom stereocenters. The van der Waals surface area contributed by atoms with Crippen molar-refractivity contribution in [2.45, 2.75) is 19.6 Å². The molecule has 0 amide bonds. The average molecular weight is 203 g/mol. The van der Waals surface area contributed by atoms with Gasteiger partial charge in [-0.3, -0.25) is 4.98 Å². The van der Waals surface area contributed by atoms with Crippen molar-refractivity contribution >= 4 is 5.69 Å². The van der Waals surface area contributed by atoms with Gasteiger partial charge in [-0.2, -0.15) is 0 Å². The zero-order valence-corrected chi connectivity index (χ0v) is 7.37. The van der Waals surface area contributed by atoms with Gasteiger partial charge >= 0.3 is 0 Å². The number of nitrogens with two attached hydrogens (primary N) is 2. The second-order valence-corrected chi connectivity index (χ2v) is 2.72. The minimum atomic E-state index is -2.73. The number of alkyl halides is 2. The highest BCUT2D eigenvalue weighted by Crippen LogP contribution is 2.29. The van der Waals surface area contributed by atoms with Gasteiger partial charge in [0.1, 0.15) is 0 Å². The summed E-state index contributed by atoms with van der Waals surface area (Å²) < 4.78 is 25.1. The van der Waals surface area contributed by atoms with Crippen LogP contribution in [-0.2, 0) is 13.2 Å². The van der Waals surface area contributed by atoms with Gasteiger partial charge in [0.25, 0.3) is 6.43 Å². The molecule has 0 atom stereocenters. The zero-order valence-electron chi connectivity index (χ0n) is 7.37. The Bertz CT molecular complexity index is 331. The SMILES string of the molecule is NCc1ncc(CO)c(N)c1C(F)F. The van der Waals surface area contributed by atoms with E-state index < -0.39 is 13.0 Å². The van der Waals surface area contributed by atoms with Crippen LogP contribution < -0.4 is 11.5 Å². The molecule has 6 heteroatoms. The highest BCUT2D eigenvalue weighted by atomic mass is 19.3. The van der Waals surface area contributed by atoms with Crippen molar-refractivity contribution in [1.82, 2.24) is 4.98 Å². The van der Waals surface area contributed by atoms with E-state index in [0.717, 1.165) is 0 Å². The Morgan fingerprint density at radius 3 is 2.57 bits per heavy atom. The standard InChI is InChI=1S/C8H11F2N3O/c9-8(10)6-5(1-11)13-2-4(3-14)7(6)12/h2,8,14H,1,3,11H2,(H2,12,13). The summed E-state index contributed by atoms with van der Waals surface area (Å²) in [5.74, 6) is 0. The molecular formula is C8H11F2N3O. The third-order valence-electron chi connectivity index (χ3n) is 1.91. The van der Waals surface area contributed by atoms with Crippen LogP contribution in [0.3, 0.4) is 0 Å². The molecule has 0 fully saturated rings. The lowest BCUT2D eigenvalue weighted by Crippen LogP contribution is -2.10. The minimum Gasteiger partial charge on any atom is -0.398 e. The third-order valence-corrected chi connectivity index (χ3v) is 1.91. The van der Waals surface area contributed by atoms with E-state index in [0.29, 0.717) is 0 Å². The van der Waals surface area contributed by atoms with Crippen molar-refractivity contribution in [3.63, 3.8) is 0 Å². The molecule has 1 rings (SSSR count). The largest absolute Gasteiger partial charge is 0.398 e. The van der Waals surface area contributed by atoms with Gasteiger partial charge < -0.3 is 16.6 Å². The molecule has 78 valence electrons. The molecule has 1 aromatic heterocycles. The molecule has 0 aromatic carbocycles. The third kappa shape index (κ3) is 1.80. The van der Waals surface area contributed by atoms with Gasteiger partial charge in [-0.25, -0.2) is 8.78 Å².